The molecule has 0 radical (unpaired) electrons. The normalized spacial score (nSPS) is 14.7. The molecule has 0 bridgehead atoms. The van der Waals surface area contributed by atoms with Gasteiger partial charge in [-0.15, -0.1) is 12.4 Å². The highest BCUT2D eigenvalue weighted by atomic mass is 35.5. The Bertz CT molecular complexity index is 1590. The first kappa shape index (κ1) is 41.3. The third-order valence-corrected chi connectivity index (χ3v) is 8.89. The van der Waals surface area contributed by atoms with E-state index < -0.39 is 5.97 Å². The van der Waals surface area contributed by atoms with E-state index in [0.717, 1.165) is 25.1 Å². The quantitative estimate of drug-likeness (QED) is 0.142. The topological polar surface area (TPSA) is 130 Å². The lowest BCUT2D eigenvalue weighted by atomic mass is 9.62. The monoisotopic (exact) mass is 709 g/mol. The second-order valence-electron chi connectivity index (χ2n) is 12.1. The second-order valence-corrected chi connectivity index (χ2v) is 12.5. The number of nitrogens with zero attached hydrogens (tertiary/aromatic N) is 4. The molecule has 9 nitrogen and oxygen atoms in total. The molecule has 2 N–H and O–H groups in total. The van der Waals surface area contributed by atoms with E-state index >= 15 is 0 Å². The summed E-state index contributed by atoms with van der Waals surface area (Å²) in [4.78, 5) is 38.7. The summed E-state index contributed by atoms with van der Waals surface area (Å²) in [5.41, 5.74) is 12.3. The van der Waals surface area contributed by atoms with Crippen LogP contribution in [0, 0.1) is 13.8 Å². The van der Waals surface area contributed by atoms with Crippen molar-refractivity contribution in [1.29, 1.82) is 0 Å². The van der Waals surface area contributed by atoms with Gasteiger partial charge in [-0.25, -0.2) is 29.5 Å². The van der Waals surface area contributed by atoms with Crippen molar-refractivity contribution in [2.45, 2.75) is 91.0 Å². The van der Waals surface area contributed by atoms with Crippen molar-refractivity contribution in [2.24, 2.45) is 5.73 Å². The van der Waals surface area contributed by atoms with Crippen molar-refractivity contribution >= 4 is 35.9 Å². The molecule has 2 heterocycles. The fourth-order valence-corrected chi connectivity index (χ4v) is 5.61. The zero-order valence-corrected chi connectivity index (χ0v) is 29.7. The van der Waals surface area contributed by atoms with Crippen LogP contribution >= 0.6 is 24.0 Å². The molecule has 0 saturated heterocycles. The molecule has 2 aliphatic rings. The van der Waals surface area contributed by atoms with E-state index in [9.17, 15) is 9.59 Å². The van der Waals surface area contributed by atoms with Gasteiger partial charge < -0.3 is 15.2 Å². The number of esters is 2. The highest BCUT2D eigenvalue weighted by Crippen LogP contribution is 2.45. The van der Waals surface area contributed by atoms with Gasteiger partial charge in [-0.2, -0.15) is 0 Å². The summed E-state index contributed by atoms with van der Waals surface area (Å²) in [5, 5.41) is 0.114. The molecule has 0 amide bonds. The van der Waals surface area contributed by atoms with E-state index in [2.05, 4.69) is 82.3 Å². The number of hydrogen-bond donors (Lipinski definition) is 1. The van der Waals surface area contributed by atoms with Gasteiger partial charge in [0.2, 0.25) is 5.28 Å². The molecule has 0 atom stereocenters. The summed E-state index contributed by atoms with van der Waals surface area (Å²) in [6.45, 7) is 8.42. The summed E-state index contributed by atoms with van der Waals surface area (Å²) >= 11 is 5.42. The minimum absolute atomic E-state index is 0. The zero-order valence-electron chi connectivity index (χ0n) is 28.1. The number of rotatable bonds is 8. The van der Waals surface area contributed by atoms with E-state index in [0.29, 0.717) is 24.3 Å². The predicted molar refractivity (Wildman–Crippen MR) is 196 cm³/mol. The van der Waals surface area contributed by atoms with Gasteiger partial charge in [0.15, 0.2) is 0 Å². The number of aromatic nitrogens is 4. The number of aryl methyl sites for hydroxylation is 2. The molecular formula is C38H49Cl2N5O4. The van der Waals surface area contributed by atoms with E-state index in [1.54, 1.807) is 26.2 Å². The maximum Gasteiger partial charge on any atom is 0.341 e. The van der Waals surface area contributed by atoms with Crippen LogP contribution in [0.1, 0.15) is 109 Å². The summed E-state index contributed by atoms with van der Waals surface area (Å²) in [6, 6.07) is 17.4. The van der Waals surface area contributed by atoms with Crippen LogP contribution in [-0.4, -0.2) is 45.1 Å². The Morgan fingerprint density at radius 2 is 1.12 bits per heavy atom. The Balaban J connectivity index is 0.000000273. The zero-order chi connectivity index (χ0) is 33.9. The van der Waals surface area contributed by atoms with E-state index in [1.807, 2.05) is 0 Å². The van der Waals surface area contributed by atoms with Crippen LogP contribution in [0.2, 0.25) is 5.28 Å². The molecule has 0 aliphatic heterocycles. The van der Waals surface area contributed by atoms with Crippen LogP contribution in [0.4, 0.5) is 0 Å². The maximum absolute atomic E-state index is 11.7. The molecule has 2 aliphatic carbocycles. The van der Waals surface area contributed by atoms with Crippen molar-refractivity contribution in [2.75, 3.05) is 13.2 Å². The predicted octanol–water partition coefficient (Wildman–Crippen LogP) is 8.32. The number of nitrogens with two attached hydrogens (primary N) is 1. The number of hydrogen-bond acceptors (Lipinski definition) is 9. The van der Waals surface area contributed by atoms with Crippen molar-refractivity contribution in [3.63, 3.8) is 0 Å². The molecule has 2 aromatic heterocycles. The molecule has 2 saturated carbocycles. The van der Waals surface area contributed by atoms with Crippen molar-refractivity contribution < 1.29 is 19.1 Å². The Labute approximate surface area is 301 Å². The Hall–Kier alpha value is -3.92. The summed E-state index contributed by atoms with van der Waals surface area (Å²) in [6.07, 6.45) is 13.8. The number of benzene rings is 2. The van der Waals surface area contributed by atoms with E-state index in [1.165, 1.54) is 60.3 Å². The van der Waals surface area contributed by atoms with Crippen LogP contribution in [0.15, 0.2) is 73.3 Å². The average molecular weight is 711 g/mol. The molecule has 2 fully saturated rings. The van der Waals surface area contributed by atoms with Gasteiger partial charge in [0, 0.05) is 42.2 Å². The number of halogens is 2. The third kappa shape index (κ3) is 11.3. The lowest BCUT2D eigenvalue weighted by Gasteiger charge is -2.42. The first-order valence-corrected chi connectivity index (χ1v) is 16.5. The molecule has 49 heavy (non-hydrogen) atoms. The van der Waals surface area contributed by atoms with Gasteiger partial charge >= 0.3 is 11.9 Å². The van der Waals surface area contributed by atoms with Gasteiger partial charge in [-0.3, -0.25) is 0 Å². The van der Waals surface area contributed by atoms with Crippen LogP contribution in [-0.2, 0) is 26.8 Å². The minimum Gasteiger partial charge on any atom is -0.462 e. The molecule has 0 spiro atoms. The standard InChI is InChI=1S/C19H22N2O2.C11H15N.C7H7ClN2O2.CH4.ClH/c1-3-23-18(22)15-12-20-17(21-13-15)11-19(9-4-10-19)16-7-5-14(2)6-8-16;1-9-3-5-10(6-4-9)11(12)7-2-8-11;1-2-12-6(11)5-3-9-7(8)10-4-5;;/h5-8,12-13H,3-4,9-11H2,1-2H3;3-6H,2,7-8,12H2,1H3;3-4H,2H2,1H3;1H4;1H. The van der Waals surface area contributed by atoms with Gasteiger partial charge in [0.05, 0.1) is 24.3 Å². The van der Waals surface area contributed by atoms with Gasteiger partial charge in [0.25, 0.3) is 0 Å². The van der Waals surface area contributed by atoms with Gasteiger partial charge in [-0.1, -0.05) is 73.5 Å². The molecule has 6 rings (SSSR count). The highest BCUT2D eigenvalue weighted by Gasteiger charge is 2.39. The van der Waals surface area contributed by atoms with Crippen molar-refractivity contribution in [3.8, 4) is 0 Å². The molecule has 0 unspecified atom stereocenters. The first-order valence-electron chi connectivity index (χ1n) is 16.1. The summed E-state index contributed by atoms with van der Waals surface area (Å²) < 4.78 is 9.67. The van der Waals surface area contributed by atoms with Gasteiger partial charge in [0.1, 0.15) is 5.82 Å². The fourth-order valence-electron chi connectivity index (χ4n) is 5.51. The Kier molecular flexibility index (Phi) is 16.3. The largest absolute Gasteiger partial charge is 0.462 e. The van der Waals surface area contributed by atoms with Crippen LogP contribution < -0.4 is 5.73 Å². The van der Waals surface area contributed by atoms with Crippen LogP contribution in [0.3, 0.4) is 0 Å². The van der Waals surface area contributed by atoms with Crippen molar-refractivity contribution in [1.82, 2.24) is 19.9 Å². The molecule has 264 valence electrons. The Morgan fingerprint density at radius 1 is 0.714 bits per heavy atom. The average Bonchev–Trinajstić information content (AvgIpc) is 3.04. The van der Waals surface area contributed by atoms with Gasteiger partial charge in [-0.05, 0) is 82.5 Å². The smallest absolute Gasteiger partial charge is 0.341 e. The van der Waals surface area contributed by atoms with E-state index in [-0.39, 0.29) is 42.0 Å². The SMILES string of the molecule is C.CCOC(=O)c1cnc(CC2(c3ccc(C)cc3)CCC2)nc1.CCOC(=O)c1cnc(Cl)nc1.Cc1ccc(C2(N)CCC2)cc1.Cl. The fraction of sp³-hybridized carbons (Fsp3) is 0.421. The lowest BCUT2D eigenvalue weighted by Crippen LogP contribution is -2.43. The minimum atomic E-state index is -0.436. The Morgan fingerprint density at radius 3 is 1.49 bits per heavy atom. The molecule has 2 aromatic carbocycles. The lowest BCUT2D eigenvalue weighted by molar-refractivity contribution is 0.0515. The first-order chi connectivity index (χ1) is 22.6. The van der Waals surface area contributed by atoms with E-state index in [4.69, 9.17) is 26.8 Å². The maximum atomic E-state index is 11.7. The number of carbonyl (C=O) groups excluding carboxylic acids is 2. The van der Waals surface area contributed by atoms with Crippen molar-refractivity contribution in [3.05, 3.63) is 118 Å². The molecule has 4 aromatic rings. The van der Waals surface area contributed by atoms with Crippen LogP contribution in [0.25, 0.3) is 0 Å². The number of carbonyl (C=O) groups is 2. The number of ether oxygens (including phenoxy) is 2. The molecular weight excluding hydrogens is 661 g/mol. The highest BCUT2D eigenvalue weighted by molar-refractivity contribution is 6.28. The second kappa shape index (κ2) is 19.3. The summed E-state index contributed by atoms with van der Waals surface area (Å²) in [5.74, 6) is -0.0107. The third-order valence-electron chi connectivity index (χ3n) is 8.69. The summed E-state index contributed by atoms with van der Waals surface area (Å²) in [7, 11) is 0. The van der Waals surface area contributed by atoms with Crippen LogP contribution in [0.5, 0.6) is 0 Å². The molecule has 11 heteroatoms.